The summed E-state index contributed by atoms with van der Waals surface area (Å²) in [6.45, 7) is 0. The molecule has 2 aromatic rings. The Bertz CT molecular complexity index is 594. The third kappa shape index (κ3) is 2.35. The number of hydrogen-bond acceptors (Lipinski definition) is 4. The molecule has 2 N–H and O–H groups in total. The van der Waals surface area contributed by atoms with Gasteiger partial charge in [0.2, 0.25) is 0 Å². The Morgan fingerprint density at radius 1 is 1.06 bits per heavy atom. The molecular formula is C13H11N3O2. The molecule has 2 rings (SSSR count). The molecule has 0 unspecified atom stereocenters. The SMILES string of the molecule is N/N=C(/c1ccccc1)c1cccc([N+](=O)[O-])c1. The lowest BCUT2D eigenvalue weighted by Crippen LogP contribution is -2.06. The van der Waals surface area contributed by atoms with Crippen LogP contribution in [-0.4, -0.2) is 10.6 Å². The van der Waals surface area contributed by atoms with Crippen LogP contribution >= 0.6 is 0 Å². The van der Waals surface area contributed by atoms with Gasteiger partial charge in [0.25, 0.3) is 5.69 Å². The Morgan fingerprint density at radius 2 is 1.72 bits per heavy atom. The monoisotopic (exact) mass is 241 g/mol. The molecule has 5 heteroatoms. The van der Waals surface area contributed by atoms with E-state index in [9.17, 15) is 10.1 Å². The predicted molar refractivity (Wildman–Crippen MR) is 69.4 cm³/mol. The molecule has 90 valence electrons. The molecule has 2 aromatic carbocycles. The number of nitro groups is 1. The van der Waals surface area contributed by atoms with Gasteiger partial charge in [-0.25, -0.2) is 0 Å². The van der Waals surface area contributed by atoms with Gasteiger partial charge >= 0.3 is 0 Å². The number of hydrazone groups is 1. The molecule has 0 aliphatic heterocycles. The van der Waals surface area contributed by atoms with Crippen molar-refractivity contribution in [3.63, 3.8) is 0 Å². The van der Waals surface area contributed by atoms with Gasteiger partial charge in [-0.2, -0.15) is 5.10 Å². The number of nitrogens with two attached hydrogens (primary N) is 1. The number of benzene rings is 2. The van der Waals surface area contributed by atoms with Crippen LogP contribution in [0.2, 0.25) is 0 Å². The Balaban J connectivity index is 2.47. The largest absolute Gasteiger partial charge is 0.323 e. The summed E-state index contributed by atoms with van der Waals surface area (Å²) in [5.74, 6) is 5.38. The molecule has 0 heterocycles. The minimum absolute atomic E-state index is 0.0181. The van der Waals surface area contributed by atoms with Crippen molar-refractivity contribution in [2.75, 3.05) is 0 Å². The second kappa shape index (κ2) is 5.09. The Labute approximate surface area is 104 Å². The lowest BCUT2D eigenvalue weighted by Gasteiger charge is -2.05. The van der Waals surface area contributed by atoms with Crippen LogP contribution in [0, 0.1) is 10.1 Å². The van der Waals surface area contributed by atoms with E-state index < -0.39 is 4.92 Å². The smallest absolute Gasteiger partial charge is 0.270 e. The van der Waals surface area contributed by atoms with Crippen LogP contribution in [-0.2, 0) is 0 Å². The standard InChI is InChI=1S/C13H11N3O2/c14-15-13(10-5-2-1-3-6-10)11-7-4-8-12(9-11)16(17)18/h1-9H,14H2/b15-13-. The van der Waals surface area contributed by atoms with Crippen LogP contribution in [0.4, 0.5) is 5.69 Å². The average molecular weight is 241 g/mol. The van der Waals surface area contributed by atoms with Crippen molar-refractivity contribution in [3.8, 4) is 0 Å². The molecule has 0 bridgehead atoms. The van der Waals surface area contributed by atoms with Gasteiger partial charge in [-0.3, -0.25) is 10.1 Å². The van der Waals surface area contributed by atoms with Crippen LogP contribution in [0.25, 0.3) is 0 Å². The summed E-state index contributed by atoms with van der Waals surface area (Å²) in [4.78, 5) is 10.3. The van der Waals surface area contributed by atoms with Gasteiger partial charge in [0.15, 0.2) is 0 Å². The number of nitro benzene ring substituents is 1. The van der Waals surface area contributed by atoms with Gasteiger partial charge in [-0.1, -0.05) is 42.5 Å². The molecule has 0 fully saturated rings. The Kier molecular flexibility index (Phi) is 3.33. The minimum atomic E-state index is -0.442. The second-order valence-corrected chi connectivity index (χ2v) is 3.65. The molecule has 0 amide bonds. The summed E-state index contributed by atoms with van der Waals surface area (Å²) in [5, 5.41) is 14.5. The van der Waals surface area contributed by atoms with Crippen molar-refractivity contribution in [1.29, 1.82) is 0 Å². The predicted octanol–water partition coefficient (Wildman–Crippen LogP) is 2.31. The number of hydrogen-bond donors (Lipinski definition) is 1. The third-order valence-corrected chi connectivity index (χ3v) is 2.51. The van der Waals surface area contributed by atoms with Gasteiger partial charge < -0.3 is 5.84 Å². The highest BCUT2D eigenvalue weighted by Crippen LogP contribution is 2.16. The van der Waals surface area contributed by atoms with Crippen molar-refractivity contribution < 1.29 is 4.92 Å². The highest BCUT2D eigenvalue weighted by Gasteiger charge is 2.11. The topological polar surface area (TPSA) is 81.5 Å². The van der Waals surface area contributed by atoms with Crippen molar-refractivity contribution >= 4 is 11.4 Å². The zero-order chi connectivity index (χ0) is 13.0. The van der Waals surface area contributed by atoms with Gasteiger partial charge in [0, 0.05) is 23.3 Å². The lowest BCUT2D eigenvalue weighted by molar-refractivity contribution is -0.384. The Morgan fingerprint density at radius 3 is 2.33 bits per heavy atom. The number of nitrogens with zero attached hydrogens (tertiary/aromatic N) is 2. The van der Waals surface area contributed by atoms with E-state index in [1.54, 1.807) is 12.1 Å². The van der Waals surface area contributed by atoms with Gasteiger partial charge in [0.05, 0.1) is 10.6 Å². The summed E-state index contributed by atoms with van der Waals surface area (Å²) >= 11 is 0. The van der Waals surface area contributed by atoms with E-state index in [-0.39, 0.29) is 5.69 Å². The molecule has 0 radical (unpaired) electrons. The quantitative estimate of drug-likeness (QED) is 0.387. The maximum atomic E-state index is 10.7. The minimum Gasteiger partial charge on any atom is -0.323 e. The first-order chi connectivity index (χ1) is 8.72. The summed E-state index contributed by atoms with van der Waals surface area (Å²) in [6.07, 6.45) is 0. The van der Waals surface area contributed by atoms with E-state index in [1.807, 2.05) is 30.3 Å². The second-order valence-electron chi connectivity index (χ2n) is 3.65. The van der Waals surface area contributed by atoms with Crippen LogP contribution in [0.5, 0.6) is 0 Å². The molecule has 0 aromatic heterocycles. The van der Waals surface area contributed by atoms with Crippen molar-refractivity contribution in [3.05, 3.63) is 75.8 Å². The summed E-state index contributed by atoms with van der Waals surface area (Å²) in [7, 11) is 0. The van der Waals surface area contributed by atoms with E-state index in [1.165, 1.54) is 12.1 Å². The maximum Gasteiger partial charge on any atom is 0.270 e. The zero-order valence-corrected chi connectivity index (χ0v) is 9.48. The van der Waals surface area contributed by atoms with E-state index in [0.29, 0.717) is 11.3 Å². The summed E-state index contributed by atoms with van der Waals surface area (Å²) in [5.41, 5.74) is 1.99. The van der Waals surface area contributed by atoms with Crippen LogP contribution in [0.1, 0.15) is 11.1 Å². The first kappa shape index (κ1) is 11.8. The number of non-ortho nitro benzene ring substituents is 1. The highest BCUT2D eigenvalue weighted by atomic mass is 16.6. The first-order valence-corrected chi connectivity index (χ1v) is 5.30. The third-order valence-electron chi connectivity index (χ3n) is 2.51. The molecule has 5 nitrogen and oxygen atoms in total. The molecule has 0 atom stereocenters. The molecule has 0 saturated heterocycles. The normalized spacial score (nSPS) is 11.2. The zero-order valence-electron chi connectivity index (χ0n) is 9.48. The van der Waals surface area contributed by atoms with Crippen LogP contribution < -0.4 is 5.84 Å². The van der Waals surface area contributed by atoms with E-state index >= 15 is 0 Å². The Hall–Kier alpha value is -2.69. The van der Waals surface area contributed by atoms with Gasteiger partial charge in [-0.15, -0.1) is 0 Å². The molecule has 0 aliphatic rings. The van der Waals surface area contributed by atoms with Gasteiger partial charge in [0.1, 0.15) is 0 Å². The van der Waals surface area contributed by atoms with Crippen molar-refractivity contribution in [2.24, 2.45) is 10.9 Å². The van der Waals surface area contributed by atoms with Crippen molar-refractivity contribution in [1.82, 2.24) is 0 Å². The molecule has 0 aliphatic carbocycles. The number of rotatable bonds is 3. The fourth-order valence-corrected chi connectivity index (χ4v) is 1.68. The fourth-order valence-electron chi connectivity index (χ4n) is 1.68. The van der Waals surface area contributed by atoms with Crippen molar-refractivity contribution in [2.45, 2.75) is 0 Å². The first-order valence-electron chi connectivity index (χ1n) is 5.30. The average Bonchev–Trinajstić information content (AvgIpc) is 2.41. The molecule has 0 spiro atoms. The van der Waals surface area contributed by atoms with Crippen LogP contribution in [0.3, 0.4) is 0 Å². The summed E-state index contributed by atoms with van der Waals surface area (Å²) < 4.78 is 0. The summed E-state index contributed by atoms with van der Waals surface area (Å²) in [6, 6.07) is 15.5. The van der Waals surface area contributed by atoms with Gasteiger partial charge in [-0.05, 0) is 0 Å². The van der Waals surface area contributed by atoms with E-state index in [4.69, 9.17) is 5.84 Å². The molecule has 0 saturated carbocycles. The van der Waals surface area contributed by atoms with E-state index in [0.717, 1.165) is 5.56 Å². The molecule has 18 heavy (non-hydrogen) atoms. The fraction of sp³-hybridized carbons (Fsp3) is 0. The molecular weight excluding hydrogens is 230 g/mol. The van der Waals surface area contributed by atoms with E-state index in [2.05, 4.69) is 5.10 Å². The lowest BCUT2D eigenvalue weighted by atomic mass is 10.0. The highest BCUT2D eigenvalue weighted by molar-refractivity contribution is 6.13. The maximum absolute atomic E-state index is 10.7. The van der Waals surface area contributed by atoms with Crippen LogP contribution in [0.15, 0.2) is 59.7 Å².